The first-order valence-corrected chi connectivity index (χ1v) is 8.99. The summed E-state index contributed by atoms with van der Waals surface area (Å²) in [6.07, 6.45) is 4.20. The summed E-state index contributed by atoms with van der Waals surface area (Å²) in [6.45, 7) is 4.87. The summed E-state index contributed by atoms with van der Waals surface area (Å²) in [6, 6.07) is 5.65. The number of carbonyl (C=O) groups excluding carboxylic acids is 2. The lowest BCUT2D eigenvalue weighted by atomic mass is 9.80. The molecule has 138 valence electrons. The number of rotatable bonds is 7. The molecule has 0 saturated heterocycles. The van der Waals surface area contributed by atoms with E-state index in [0.29, 0.717) is 31.7 Å². The summed E-state index contributed by atoms with van der Waals surface area (Å²) >= 11 is 0. The van der Waals surface area contributed by atoms with Crippen LogP contribution in [-0.2, 0) is 9.59 Å². The molecule has 1 aliphatic rings. The van der Waals surface area contributed by atoms with Crippen molar-refractivity contribution in [1.82, 2.24) is 10.2 Å². The Kier molecular flexibility index (Phi) is 6.79. The van der Waals surface area contributed by atoms with Gasteiger partial charge in [0.05, 0.1) is 0 Å². The van der Waals surface area contributed by atoms with E-state index in [2.05, 4.69) is 5.32 Å². The van der Waals surface area contributed by atoms with Gasteiger partial charge in [-0.2, -0.15) is 0 Å². The van der Waals surface area contributed by atoms with Crippen LogP contribution in [0.25, 0.3) is 0 Å². The number of hydrogen-bond donors (Lipinski definition) is 1. The van der Waals surface area contributed by atoms with Gasteiger partial charge in [-0.15, -0.1) is 0 Å². The van der Waals surface area contributed by atoms with Crippen LogP contribution in [0.4, 0.5) is 4.39 Å². The van der Waals surface area contributed by atoms with Crippen molar-refractivity contribution in [1.29, 1.82) is 0 Å². The lowest BCUT2D eigenvalue weighted by molar-refractivity contribution is -0.143. The number of halogens is 1. The van der Waals surface area contributed by atoms with E-state index in [1.54, 1.807) is 11.0 Å². The van der Waals surface area contributed by atoms with Gasteiger partial charge in [0.25, 0.3) is 5.91 Å². The van der Waals surface area contributed by atoms with Crippen molar-refractivity contribution in [3.05, 3.63) is 30.1 Å². The van der Waals surface area contributed by atoms with Crippen LogP contribution in [-0.4, -0.2) is 41.9 Å². The number of amides is 2. The maximum Gasteiger partial charge on any atom is 0.258 e. The molecule has 0 radical (unpaired) electrons. The van der Waals surface area contributed by atoms with E-state index in [9.17, 15) is 14.0 Å². The summed E-state index contributed by atoms with van der Waals surface area (Å²) in [7, 11) is 0. The smallest absolute Gasteiger partial charge is 0.258 e. The minimum atomic E-state index is -0.841. The molecule has 1 fully saturated rings. The molecule has 2 amide bonds. The molecule has 0 bridgehead atoms. The second-order valence-corrected chi connectivity index (χ2v) is 6.41. The second kappa shape index (κ2) is 8.83. The van der Waals surface area contributed by atoms with Gasteiger partial charge in [-0.1, -0.05) is 25.3 Å². The maximum atomic E-state index is 13.2. The molecule has 1 N–H and O–H groups in total. The monoisotopic (exact) mass is 350 g/mol. The van der Waals surface area contributed by atoms with E-state index in [1.807, 2.05) is 13.8 Å². The van der Waals surface area contributed by atoms with Crippen LogP contribution in [0.2, 0.25) is 0 Å². The van der Waals surface area contributed by atoms with Crippen molar-refractivity contribution >= 4 is 11.8 Å². The van der Waals surface area contributed by atoms with Crippen LogP contribution in [0.5, 0.6) is 5.75 Å². The number of hydrogen-bond acceptors (Lipinski definition) is 3. The molecule has 0 aliphatic heterocycles. The number of likely N-dealkylation sites (N-methyl/N-ethyl adjacent to an activating group) is 1. The molecule has 0 aromatic heterocycles. The van der Waals surface area contributed by atoms with Crippen molar-refractivity contribution < 1.29 is 18.7 Å². The number of ether oxygens (including phenoxy) is 1. The Morgan fingerprint density at radius 3 is 2.48 bits per heavy atom. The largest absolute Gasteiger partial charge is 0.484 e. The fourth-order valence-electron chi connectivity index (χ4n) is 3.37. The van der Waals surface area contributed by atoms with Gasteiger partial charge in [-0.3, -0.25) is 9.59 Å². The van der Waals surface area contributed by atoms with Crippen molar-refractivity contribution in [2.24, 2.45) is 0 Å². The second-order valence-electron chi connectivity index (χ2n) is 6.41. The average Bonchev–Trinajstić information content (AvgIpc) is 2.62. The molecule has 1 aromatic carbocycles. The van der Waals surface area contributed by atoms with Crippen LogP contribution in [0.1, 0.15) is 46.0 Å². The molecular formula is C19H27FN2O3. The Bertz CT molecular complexity index is 596. The van der Waals surface area contributed by atoms with E-state index in [4.69, 9.17) is 4.74 Å². The standard InChI is InChI=1S/C19H27FN2O3/c1-3-22(4-2)18(24)19(11-6-5-7-12-19)21-17(23)14-25-16-10-8-9-15(20)13-16/h8-10,13H,3-7,11-12,14H2,1-2H3,(H,21,23). The third-order valence-electron chi connectivity index (χ3n) is 4.71. The molecule has 0 unspecified atom stereocenters. The van der Waals surface area contributed by atoms with Gasteiger partial charge in [0.1, 0.15) is 17.1 Å². The first kappa shape index (κ1) is 19.2. The molecular weight excluding hydrogens is 323 g/mol. The van der Waals surface area contributed by atoms with Crippen LogP contribution >= 0.6 is 0 Å². The zero-order valence-electron chi connectivity index (χ0n) is 15.0. The molecule has 5 nitrogen and oxygen atoms in total. The van der Waals surface area contributed by atoms with Gasteiger partial charge in [0.2, 0.25) is 5.91 Å². The first-order valence-electron chi connectivity index (χ1n) is 8.99. The Morgan fingerprint density at radius 1 is 1.20 bits per heavy atom. The highest BCUT2D eigenvalue weighted by Crippen LogP contribution is 2.30. The van der Waals surface area contributed by atoms with Gasteiger partial charge in [0.15, 0.2) is 6.61 Å². The Balaban J connectivity index is 2.03. The molecule has 1 aliphatic carbocycles. The fraction of sp³-hybridized carbons (Fsp3) is 0.579. The molecule has 6 heteroatoms. The molecule has 2 rings (SSSR count). The van der Waals surface area contributed by atoms with Crippen LogP contribution in [0.3, 0.4) is 0 Å². The molecule has 25 heavy (non-hydrogen) atoms. The zero-order chi connectivity index (χ0) is 18.3. The predicted octanol–water partition coefficient (Wildman–Crippen LogP) is 2.89. The maximum absolute atomic E-state index is 13.2. The summed E-state index contributed by atoms with van der Waals surface area (Å²) in [5, 5.41) is 2.92. The minimum absolute atomic E-state index is 0.0173. The predicted molar refractivity (Wildman–Crippen MR) is 93.8 cm³/mol. The van der Waals surface area contributed by atoms with Crippen molar-refractivity contribution in [3.63, 3.8) is 0 Å². The highest BCUT2D eigenvalue weighted by Gasteiger charge is 2.42. The van der Waals surface area contributed by atoms with E-state index in [-0.39, 0.29) is 18.4 Å². The Labute approximate surface area is 148 Å². The molecule has 0 spiro atoms. The first-order chi connectivity index (χ1) is 12.0. The topological polar surface area (TPSA) is 58.6 Å². The van der Waals surface area contributed by atoms with E-state index in [0.717, 1.165) is 19.3 Å². The number of benzene rings is 1. The molecule has 0 atom stereocenters. The lowest BCUT2D eigenvalue weighted by Crippen LogP contribution is -2.61. The van der Waals surface area contributed by atoms with Crippen molar-refractivity contribution in [2.45, 2.75) is 51.5 Å². The normalized spacial score (nSPS) is 16.1. The number of nitrogens with one attached hydrogen (secondary N) is 1. The summed E-state index contributed by atoms with van der Waals surface area (Å²) in [5.74, 6) is -0.496. The third-order valence-corrected chi connectivity index (χ3v) is 4.71. The number of carbonyl (C=O) groups is 2. The highest BCUT2D eigenvalue weighted by molar-refractivity contribution is 5.92. The molecule has 0 heterocycles. The molecule has 1 saturated carbocycles. The summed E-state index contributed by atoms with van der Waals surface area (Å²) in [5.41, 5.74) is -0.841. The van der Waals surface area contributed by atoms with Gasteiger partial charge in [-0.25, -0.2) is 4.39 Å². The van der Waals surface area contributed by atoms with Crippen LogP contribution < -0.4 is 10.1 Å². The number of nitrogens with zero attached hydrogens (tertiary/aromatic N) is 1. The highest BCUT2D eigenvalue weighted by atomic mass is 19.1. The van der Waals surface area contributed by atoms with E-state index in [1.165, 1.54) is 18.2 Å². The van der Waals surface area contributed by atoms with Gasteiger partial charge in [0, 0.05) is 19.2 Å². The van der Waals surface area contributed by atoms with Gasteiger partial charge in [-0.05, 0) is 38.8 Å². The Morgan fingerprint density at radius 2 is 1.88 bits per heavy atom. The minimum Gasteiger partial charge on any atom is -0.484 e. The fourth-order valence-corrected chi connectivity index (χ4v) is 3.37. The quantitative estimate of drug-likeness (QED) is 0.823. The van der Waals surface area contributed by atoms with E-state index < -0.39 is 11.4 Å². The zero-order valence-corrected chi connectivity index (χ0v) is 15.0. The van der Waals surface area contributed by atoms with Crippen LogP contribution in [0, 0.1) is 5.82 Å². The van der Waals surface area contributed by atoms with Crippen molar-refractivity contribution in [2.75, 3.05) is 19.7 Å². The van der Waals surface area contributed by atoms with Crippen molar-refractivity contribution in [3.8, 4) is 5.75 Å². The summed E-state index contributed by atoms with van der Waals surface area (Å²) < 4.78 is 18.5. The molecule has 1 aromatic rings. The Hall–Kier alpha value is -2.11. The van der Waals surface area contributed by atoms with Crippen LogP contribution in [0.15, 0.2) is 24.3 Å². The summed E-state index contributed by atoms with van der Waals surface area (Å²) in [4.78, 5) is 27.1. The van der Waals surface area contributed by atoms with E-state index >= 15 is 0 Å². The van der Waals surface area contributed by atoms with Gasteiger partial charge < -0.3 is 15.0 Å². The van der Waals surface area contributed by atoms with Gasteiger partial charge >= 0.3 is 0 Å². The lowest BCUT2D eigenvalue weighted by Gasteiger charge is -2.40. The average molecular weight is 350 g/mol. The SMILES string of the molecule is CCN(CC)C(=O)C1(NC(=O)COc2cccc(F)c2)CCCCC1. The third kappa shape index (κ3) is 4.94.